The first-order valence-electron chi connectivity index (χ1n) is 6.33. The summed E-state index contributed by atoms with van der Waals surface area (Å²) in [7, 11) is 0. The molecule has 0 unspecified atom stereocenters. The van der Waals surface area contributed by atoms with Crippen LogP contribution in [-0.4, -0.2) is 9.38 Å². The summed E-state index contributed by atoms with van der Waals surface area (Å²) in [6, 6.07) is 11.5. The van der Waals surface area contributed by atoms with E-state index in [9.17, 15) is 4.91 Å². The van der Waals surface area contributed by atoms with Crippen LogP contribution in [0.1, 0.15) is 12.5 Å². The van der Waals surface area contributed by atoms with Crippen LogP contribution in [0.4, 0.5) is 5.82 Å². The molecule has 4 nitrogen and oxygen atoms in total. The molecule has 0 spiro atoms. The van der Waals surface area contributed by atoms with Gasteiger partial charge in [0.2, 0.25) is 5.82 Å². The molecular formula is C15H12ClN3O. The summed E-state index contributed by atoms with van der Waals surface area (Å²) in [4.78, 5) is 15.6. The Hall–Kier alpha value is -2.20. The minimum absolute atomic E-state index is 0.270. The molecule has 2 heterocycles. The minimum atomic E-state index is 0.270. The third-order valence-electron chi connectivity index (χ3n) is 3.28. The van der Waals surface area contributed by atoms with Crippen molar-refractivity contribution >= 4 is 23.1 Å². The Bertz CT molecular complexity index is 778. The van der Waals surface area contributed by atoms with E-state index in [1.165, 1.54) is 5.56 Å². The first-order chi connectivity index (χ1) is 9.72. The van der Waals surface area contributed by atoms with Crippen LogP contribution in [0, 0.1) is 4.91 Å². The standard InChI is InChI=1S/C15H12ClN3O/c1-2-10-3-5-11(6-4-10)14-15(18-20)19-9-12(16)7-8-13(19)17-14/h3-9H,2H2,1H3. The zero-order chi connectivity index (χ0) is 14.1. The van der Waals surface area contributed by atoms with Gasteiger partial charge in [-0.05, 0) is 29.3 Å². The van der Waals surface area contributed by atoms with Crippen molar-refractivity contribution in [1.29, 1.82) is 0 Å². The van der Waals surface area contributed by atoms with Gasteiger partial charge in [0.05, 0.1) is 5.02 Å². The molecule has 0 aliphatic heterocycles. The van der Waals surface area contributed by atoms with Gasteiger partial charge in [-0.1, -0.05) is 42.8 Å². The van der Waals surface area contributed by atoms with E-state index in [2.05, 4.69) is 17.1 Å². The molecule has 0 bridgehead atoms. The fourth-order valence-corrected chi connectivity index (χ4v) is 2.35. The molecule has 0 fully saturated rings. The number of rotatable bonds is 3. The molecule has 3 aromatic rings. The summed E-state index contributed by atoms with van der Waals surface area (Å²) in [5, 5.41) is 3.65. The van der Waals surface area contributed by atoms with Crippen molar-refractivity contribution in [3.8, 4) is 11.3 Å². The summed E-state index contributed by atoms with van der Waals surface area (Å²) in [5.74, 6) is 0.270. The molecular weight excluding hydrogens is 274 g/mol. The van der Waals surface area contributed by atoms with Crippen molar-refractivity contribution in [2.24, 2.45) is 5.18 Å². The lowest BCUT2D eigenvalue weighted by Gasteiger charge is -2.00. The van der Waals surface area contributed by atoms with Gasteiger partial charge in [0, 0.05) is 11.8 Å². The molecule has 0 aliphatic rings. The molecule has 0 radical (unpaired) electrons. The van der Waals surface area contributed by atoms with Gasteiger partial charge in [0.1, 0.15) is 11.3 Å². The van der Waals surface area contributed by atoms with E-state index in [1.54, 1.807) is 22.7 Å². The molecule has 0 aliphatic carbocycles. The number of pyridine rings is 1. The maximum atomic E-state index is 11.2. The maximum Gasteiger partial charge on any atom is 0.209 e. The third-order valence-corrected chi connectivity index (χ3v) is 3.50. The number of hydrogen-bond acceptors (Lipinski definition) is 3. The molecule has 1 aromatic carbocycles. The summed E-state index contributed by atoms with van der Waals surface area (Å²) in [6.45, 7) is 2.10. The number of aromatic nitrogens is 2. The Balaban J connectivity index is 2.21. The second-order valence-electron chi connectivity index (χ2n) is 4.50. The van der Waals surface area contributed by atoms with Gasteiger partial charge in [0.25, 0.3) is 0 Å². The fourth-order valence-electron chi connectivity index (χ4n) is 2.19. The SMILES string of the molecule is CCc1ccc(-c2nc3ccc(Cl)cn3c2N=O)cc1. The Morgan fingerprint density at radius 2 is 1.95 bits per heavy atom. The first-order valence-corrected chi connectivity index (χ1v) is 6.71. The Kier molecular flexibility index (Phi) is 3.24. The van der Waals surface area contributed by atoms with Crippen molar-refractivity contribution in [3.63, 3.8) is 0 Å². The number of imidazole rings is 1. The Labute approximate surface area is 121 Å². The van der Waals surface area contributed by atoms with Crippen molar-refractivity contribution in [2.45, 2.75) is 13.3 Å². The van der Waals surface area contributed by atoms with Crippen LogP contribution in [0.25, 0.3) is 16.9 Å². The van der Waals surface area contributed by atoms with Crippen LogP contribution >= 0.6 is 11.6 Å². The number of halogens is 1. The van der Waals surface area contributed by atoms with Crippen LogP contribution in [0.15, 0.2) is 47.8 Å². The van der Waals surface area contributed by atoms with E-state index < -0.39 is 0 Å². The highest BCUT2D eigenvalue weighted by Gasteiger charge is 2.14. The van der Waals surface area contributed by atoms with Crippen molar-refractivity contribution in [3.05, 3.63) is 58.1 Å². The van der Waals surface area contributed by atoms with E-state index >= 15 is 0 Å². The number of nitroso groups, excluding NO2 is 1. The van der Waals surface area contributed by atoms with Crippen molar-refractivity contribution < 1.29 is 0 Å². The largest absolute Gasteiger partial charge is 0.280 e. The number of hydrogen-bond donors (Lipinski definition) is 0. The Morgan fingerprint density at radius 1 is 1.20 bits per heavy atom. The number of fused-ring (bicyclic) bond motifs is 1. The normalized spacial score (nSPS) is 10.9. The molecule has 2 aromatic heterocycles. The van der Waals surface area contributed by atoms with Gasteiger partial charge < -0.3 is 0 Å². The third kappa shape index (κ3) is 2.08. The predicted octanol–water partition coefficient (Wildman–Crippen LogP) is 4.62. The van der Waals surface area contributed by atoms with Crippen LogP contribution in [-0.2, 0) is 6.42 Å². The fraction of sp³-hybridized carbons (Fsp3) is 0.133. The number of nitrogens with zero attached hydrogens (tertiary/aromatic N) is 3. The summed E-state index contributed by atoms with van der Waals surface area (Å²) in [6.07, 6.45) is 2.62. The molecule has 20 heavy (non-hydrogen) atoms. The topological polar surface area (TPSA) is 46.7 Å². The maximum absolute atomic E-state index is 11.2. The number of aryl methyl sites for hydroxylation is 1. The van der Waals surface area contributed by atoms with E-state index in [1.807, 2.05) is 24.3 Å². The number of benzene rings is 1. The van der Waals surface area contributed by atoms with Gasteiger partial charge in [-0.2, -0.15) is 0 Å². The highest BCUT2D eigenvalue weighted by Crippen LogP contribution is 2.31. The summed E-state index contributed by atoms with van der Waals surface area (Å²) in [5.41, 5.74) is 3.33. The zero-order valence-electron chi connectivity index (χ0n) is 10.9. The van der Waals surface area contributed by atoms with E-state index in [0.29, 0.717) is 16.4 Å². The smallest absolute Gasteiger partial charge is 0.209 e. The molecule has 100 valence electrons. The highest BCUT2D eigenvalue weighted by molar-refractivity contribution is 6.30. The van der Waals surface area contributed by atoms with Gasteiger partial charge >= 0.3 is 0 Å². The second kappa shape index (κ2) is 5.06. The second-order valence-corrected chi connectivity index (χ2v) is 4.94. The Morgan fingerprint density at radius 3 is 2.60 bits per heavy atom. The molecule has 3 rings (SSSR count). The van der Waals surface area contributed by atoms with Crippen molar-refractivity contribution in [2.75, 3.05) is 0 Å². The monoisotopic (exact) mass is 285 g/mol. The lowest BCUT2D eigenvalue weighted by atomic mass is 10.1. The van der Waals surface area contributed by atoms with Crippen LogP contribution in [0.2, 0.25) is 5.02 Å². The van der Waals surface area contributed by atoms with Gasteiger partial charge in [-0.3, -0.25) is 4.40 Å². The predicted molar refractivity (Wildman–Crippen MR) is 80.5 cm³/mol. The first kappa shape index (κ1) is 12.8. The summed E-state index contributed by atoms with van der Waals surface area (Å²) < 4.78 is 1.61. The molecule has 5 heteroatoms. The van der Waals surface area contributed by atoms with Crippen LogP contribution in [0.3, 0.4) is 0 Å². The zero-order valence-corrected chi connectivity index (χ0v) is 11.6. The summed E-state index contributed by atoms with van der Waals surface area (Å²) >= 11 is 5.95. The molecule has 0 atom stereocenters. The average molecular weight is 286 g/mol. The van der Waals surface area contributed by atoms with Gasteiger partial charge in [-0.25, -0.2) is 4.98 Å². The van der Waals surface area contributed by atoms with Gasteiger partial charge in [-0.15, -0.1) is 4.91 Å². The lowest BCUT2D eigenvalue weighted by molar-refractivity contribution is 1.14. The van der Waals surface area contributed by atoms with Crippen LogP contribution in [0.5, 0.6) is 0 Å². The minimum Gasteiger partial charge on any atom is -0.280 e. The molecule has 0 saturated heterocycles. The molecule has 0 saturated carbocycles. The highest BCUT2D eigenvalue weighted by atomic mass is 35.5. The molecule has 0 N–H and O–H groups in total. The van der Waals surface area contributed by atoms with Gasteiger partial charge in [0.15, 0.2) is 0 Å². The van der Waals surface area contributed by atoms with E-state index in [4.69, 9.17) is 11.6 Å². The van der Waals surface area contributed by atoms with E-state index in [-0.39, 0.29) is 5.82 Å². The van der Waals surface area contributed by atoms with Crippen LogP contribution < -0.4 is 0 Å². The average Bonchev–Trinajstić information content (AvgIpc) is 2.85. The van der Waals surface area contributed by atoms with E-state index in [0.717, 1.165) is 12.0 Å². The quantitative estimate of drug-likeness (QED) is 0.659. The lowest BCUT2D eigenvalue weighted by Crippen LogP contribution is -1.83. The van der Waals surface area contributed by atoms with Crippen molar-refractivity contribution in [1.82, 2.24) is 9.38 Å². The molecule has 0 amide bonds.